The SMILES string of the molecule is Nc1ccc(Oc2ccc(S(=O)c3ccc(Oc4ccc(N)cc4)cc3)cc2)cc1.Nc1cccc(Oc2ccc(S(=O)(=O)c3ccc(Oc4cccc(N)c4)cc3)cc2)c1. The summed E-state index contributed by atoms with van der Waals surface area (Å²) in [6, 6.07) is 55.1. The van der Waals surface area contributed by atoms with E-state index in [1.165, 1.54) is 24.3 Å². The zero-order chi connectivity index (χ0) is 42.8. The molecule has 8 rings (SSSR count). The van der Waals surface area contributed by atoms with E-state index in [0.717, 1.165) is 0 Å². The monoisotopic (exact) mass is 848 g/mol. The first-order valence-corrected chi connectivity index (χ1v) is 21.3. The Kier molecular flexibility index (Phi) is 12.8. The molecule has 8 N–H and O–H groups in total. The van der Waals surface area contributed by atoms with E-state index < -0.39 is 20.6 Å². The second-order valence-corrected chi connectivity index (χ2v) is 16.8. The van der Waals surface area contributed by atoms with Gasteiger partial charge in [-0.05, 0) is 170 Å². The van der Waals surface area contributed by atoms with Gasteiger partial charge in [0.1, 0.15) is 46.0 Å². The molecule has 0 unspecified atom stereocenters. The number of hydrogen-bond acceptors (Lipinski definition) is 11. The number of hydrogen-bond donors (Lipinski definition) is 4. The minimum Gasteiger partial charge on any atom is -0.457 e. The highest BCUT2D eigenvalue weighted by Gasteiger charge is 2.18. The minimum atomic E-state index is -3.68. The molecule has 306 valence electrons. The quantitative estimate of drug-likeness (QED) is 0.0855. The molecule has 0 amide bonds. The van der Waals surface area contributed by atoms with Crippen molar-refractivity contribution in [3.05, 3.63) is 194 Å². The van der Waals surface area contributed by atoms with Crippen LogP contribution in [0.3, 0.4) is 0 Å². The van der Waals surface area contributed by atoms with Crippen molar-refractivity contribution in [2.45, 2.75) is 19.6 Å². The Morgan fingerprint density at radius 3 is 0.918 bits per heavy atom. The number of rotatable bonds is 12. The van der Waals surface area contributed by atoms with E-state index in [9.17, 15) is 12.6 Å². The third-order valence-corrected chi connectivity index (χ3v) is 11.9. The fraction of sp³-hybridized carbons (Fsp3) is 0. The molecule has 0 radical (unpaired) electrons. The number of anilines is 4. The third kappa shape index (κ3) is 11.3. The lowest BCUT2D eigenvalue weighted by Crippen LogP contribution is -2.01. The van der Waals surface area contributed by atoms with Gasteiger partial charge in [0.25, 0.3) is 0 Å². The summed E-state index contributed by atoms with van der Waals surface area (Å²) in [5, 5.41) is 0. The predicted molar refractivity (Wildman–Crippen MR) is 240 cm³/mol. The Morgan fingerprint density at radius 1 is 0.328 bits per heavy atom. The summed E-state index contributed by atoms with van der Waals surface area (Å²) < 4.78 is 61.7. The topological polar surface area (TPSA) is 192 Å². The fourth-order valence-electron chi connectivity index (χ4n) is 5.68. The minimum absolute atomic E-state index is 0.164. The summed E-state index contributed by atoms with van der Waals surface area (Å²) in [6.07, 6.45) is 0. The first-order chi connectivity index (χ1) is 29.5. The molecule has 0 aliphatic carbocycles. The molecular formula is C48H40N4O7S2. The summed E-state index contributed by atoms with van der Waals surface area (Å²) in [7, 11) is -4.99. The number of sulfone groups is 1. The van der Waals surface area contributed by atoms with Crippen LogP contribution < -0.4 is 41.9 Å². The van der Waals surface area contributed by atoms with Crippen LogP contribution in [-0.4, -0.2) is 12.6 Å². The Labute approximate surface area is 356 Å². The molecule has 0 aliphatic heterocycles. The van der Waals surface area contributed by atoms with E-state index in [1.807, 2.05) is 0 Å². The maximum Gasteiger partial charge on any atom is 0.206 e. The molecule has 0 saturated heterocycles. The number of ether oxygens (including phenoxy) is 4. The van der Waals surface area contributed by atoms with Gasteiger partial charge in [-0.3, -0.25) is 0 Å². The van der Waals surface area contributed by atoms with E-state index in [0.29, 0.717) is 78.5 Å². The first kappa shape index (κ1) is 41.4. The number of benzene rings is 8. The van der Waals surface area contributed by atoms with Crippen LogP contribution in [0.15, 0.2) is 214 Å². The lowest BCUT2D eigenvalue weighted by atomic mass is 10.3. The van der Waals surface area contributed by atoms with Crippen LogP contribution in [0.2, 0.25) is 0 Å². The van der Waals surface area contributed by atoms with Gasteiger partial charge in [0.05, 0.1) is 20.6 Å². The number of nitrogens with two attached hydrogens (primary N) is 4. The largest absolute Gasteiger partial charge is 0.457 e. The summed E-state index contributed by atoms with van der Waals surface area (Å²) in [4.78, 5) is 1.70. The zero-order valence-corrected chi connectivity index (χ0v) is 34.1. The standard InChI is InChI=1S/C24H20N2O4S.C24H20N2O3S/c25-17-3-1-5-21(15-17)29-19-7-11-23(12-8-19)31(27,28)24-13-9-20(10-14-24)30-22-6-2-4-18(26)16-22;25-17-1-5-19(6-2-17)28-21-9-13-23(14-10-21)30(27)24-15-11-22(12-16-24)29-20-7-3-18(26)4-8-20/h1-16H,25-26H2;1-16H,25-26H2. The second kappa shape index (κ2) is 18.9. The van der Waals surface area contributed by atoms with Crippen molar-refractivity contribution in [2.75, 3.05) is 22.9 Å². The Hall–Kier alpha value is -7.74. The van der Waals surface area contributed by atoms with E-state index in [1.54, 1.807) is 170 Å². The maximum absolute atomic E-state index is 12.9. The fourth-order valence-corrected chi connectivity index (χ4v) is 7.98. The van der Waals surface area contributed by atoms with Gasteiger partial charge in [0, 0.05) is 44.7 Å². The Balaban J connectivity index is 0.000000184. The average Bonchev–Trinajstić information content (AvgIpc) is 3.26. The van der Waals surface area contributed by atoms with Gasteiger partial charge < -0.3 is 41.9 Å². The third-order valence-electron chi connectivity index (χ3n) is 8.76. The highest BCUT2D eigenvalue weighted by molar-refractivity contribution is 7.91. The van der Waals surface area contributed by atoms with Crippen molar-refractivity contribution < 1.29 is 31.6 Å². The van der Waals surface area contributed by atoms with Crippen LogP contribution in [-0.2, 0) is 20.6 Å². The zero-order valence-electron chi connectivity index (χ0n) is 32.5. The van der Waals surface area contributed by atoms with Crippen molar-refractivity contribution >= 4 is 43.4 Å². The van der Waals surface area contributed by atoms with Crippen LogP contribution in [0.25, 0.3) is 0 Å². The number of nitrogen functional groups attached to an aromatic ring is 4. The van der Waals surface area contributed by atoms with Gasteiger partial charge in [-0.1, -0.05) is 12.1 Å². The smallest absolute Gasteiger partial charge is 0.206 e. The molecule has 0 aromatic heterocycles. The summed E-state index contributed by atoms with van der Waals surface area (Å²) >= 11 is 0. The van der Waals surface area contributed by atoms with Gasteiger partial charge in [-0.25, -0.2) is 12.6 Å². The van der Waals surface area contributed by atoms with Gasteiger partial charge in [0.2, 0.25) is 9.84 Å². The summed E-state index contributed by atoms with van der Waals surface area (Å²) in [5.41, 5.74) is 25.4. The summed E-state index contributed by atoms with van der Waals surface area (Å²) in [5.74, 6) is 4.87. The van der Waals surface area contributed by atoms with Crippen LogP contribution in [0.5, 0.6) is 46.0 Å². The van der Waals surface area contributed by atoms with E-state index in [2.05, 4.69) is 0 Å². The van der Waals surface area contributed by atoms with Gasteiger partial charge >= 0.3 is 0 Å². The Morgan fingerprint density at radius 2 is 0.607 bits per heavy atom. The highest BCUT2D eigenvalue weighted by atomic mass is 32.2. The molecule has 0 bridgehead atoms. The molecule has 0 heterocycles. The first-order valence-electron chi connectivity index (χ1n) is 18.7. The van der Waals surface area contributed by atoms with E-state index in [-0.39, 0.29) is 9.79 Å². The maximum atomic E-state index is 12.9. The molecule has 0 spiro atoms. The Bertz CT molecular complexity index is 2650. The molecule has 0 aliphatic rings. The molecule has 61 heavy (non-hydrogen) atoms. The molecule has 0 atom stereocenters. The molecule has 0 saturated carbocycles. The molecule has 8 aromatic rings. The molecule has 8 aromatic carbocycles. The molecule has 13 heteroatoms. The van der Waals surface area contributed by atoms with Crippen LogP contribution in [0, 0.1) is 0 Å². The normalized spacial score (nSPS) is 10.9. The van der Waals surface area contributed by atoms with Gasteiger partial charge in [0.15, 0.2) is 0 Å². The van der Waals surface area contributed by atoms with E-state index >= 15 is 0 Å². The van der Waals surface area contributed by atoms with Crippen molar-refractivity contribution in [1.82, 2.24) is 0 Å². The second-order valence-electron chi connectivity index (χ2n) is 13.3. The molecule has 11 nitrogen and oxygen atoms in total. The van der Waals surface area contributed by atoms with Crippen molar-refractivity contribution in [2.24, 2.45) is 0 Å². The van der Waals surface area contributed by atoms with Crippen LogP contribution in [0.1, 0.15) is 0 Å². The van der Waals surface area contributed by atoms with Crippen molar-refractivity contribution in [3.8, 4) is 46.0 Å². The van der Waals surface area contributed by atoms with Gasteiger partial charge in [-0.2, -0.15) is 0 Å². The van der Waals surface area contributed by atoms with E-state index in [4.69, 9.17) is 41.9 Å². The van der Waals surface area contributed by atoms with Crippen molar-refractivity contribution in [1.29, 1.82) is 0 Å². The van der Waals surface area contributed by atoms with Crippen LogP contribution >= 0.6 is 0 Å². The summed E-state index contributed by atoms with van der Waals surface area (Å²) in [6.45, 7) is 0. The van der Waals surface area contributed by atoms with Crippen LogP contribution in [0.4, 0.5) is 22.7 Å². The van der Waals surface area contributed by atoms with Crippen molar-refractivity contribution in [3.63, 3.8) is 0 Å². The lowest BCUT2D eigenvalue weighted by molar-refractivity contribution is 0.482. The molecular weight excluding hydrogens is 809 g/mol. The lowest BCUT2D eigenvalue weighted by Gasteiger charge is -2.10. The average molecular weight is 849 g/mol. The predicted octanol–water partition coefficient (Wildman–Crippen LogP) is 10.9. The highest BCUT2D eigenvalue weighted by Crippen LogP contribution is 2.31. The van der Waals surface area contributed by atoms with Gasteiger partial charge in [-0.15, -0.1) is 0 Å². The molecule has 0 fully saturated rings.